The molecule has 0 aliphatic carbocycles. The first-order valence-electron chi connectivity index (χ1n) is 7.37. The molecule has 0 spiro atoms. The van der Waals surface area contributed by atoms with Gasteiger partial charge in [0.2, 0.25) is 5.91 Å². The van der Waals surface area contributed by atoms with Crippen LogP contribution in [0.1, 0.15) is 25.8 Å². The van der Waals surface area contributed by atoms with E-state index in [1.807, 2.05) is 20.9 Å². The Morgan fingerprint density at radius 3 is 2.35 bits per heavy atom. The van der Waals surface area contributed by atoms with Crippen molar-refractivity contribution in [3.8, 4) is 0 Å². The van der Waals surface area contributed by atoms with Gasteiger partial charge >= 0.3 is 0 Å². The van der Waals surface area contributed by atoms with Crippen LogP contribution in [0, 0.1) is 0 Å². The Balaban J connectivity index is 1.67. The lowest BCUT2D eigenvalue weighted by atomic mass is 10.0. The molecule has 2 saturated heterocycles. The quantitative estimate of drug-likeness (QED) is 0.909. The lowest BCUT2D eigenvalue weighted by Gasteiger charge is -2.33. The number of amides is 1. The first-order chi connectivity index (χ1) is 9.47. The molecule has 0 radical (unpaired) electrons. The summed E-state index contributed by atoms with van der Waals surface area (Å²) in [7, 11) is 1.86. The maximum Gasteiger partial charge on any atom is 0.241 e. The number of carbonyl (C=O) groups is 1. The molecule has 0 bridgehead atoms. The monoisotopic (exact) mass is 273 g/mol. The van der Waals surface area contributed by atoms with Crippen LogP contribution in [0.4, 0.5) is 5.69 Å². The number of benzene rings is 1. The predicted molar refractivity (Wildman–Crippen MR) is 80.7 cm³/mol. The summed E-state index contributed by atoms with van der Waals surface area (Å²) in [6.07, 6.45) is 2.05. The number of carbonyl (C=O) groups excluding carboxylic acids is 1. The van der Waals surface area contributed by atoms with Crippen molar-refractivity contribution in [2.75, 3.05) is 25.0 Å². The highest BCUT2D eigenvalue weighted by atomic mass is 16.2. The van der Waals surface area contributed by atoms with E-state index in [2.05, 4.69) is 34.5 Å². The molecule has 3 rings (SSSR count). The Kier molecular flexibility index (Phi) is 3.21. The fourth-order valence-electron chi connectivity index (χ4n) is 2.89. The van der Waals surface area contributed by atoms with Crippen LogP contribution in [0.5, 0.6) is 0 Å². The molecule has 1 atom stereocenters. The van der Waals surface area contributed by atoms with Crippen LogP contribution in [-0.2, 0) is 11.2 Å². The van der Waals surface area contributed by atoms with Crippen LogP contribution in [0.3, 0.4) is 0 Å². The standard InChI is InChI=1S/C16H23N3O/c1-16(2)17-14(15(20)18(16)3)11-12-5-7-13(8-6-12)19-9-4-10-19/h5-8,14,17H,4,9-11H2,1-3H3. The molecule has 2 fully saturated rings. The molecule has 2 heterocycles. The van der Waals surface area contributed by atoms with E-state index in [1.165, 1.54) is 30.8 Å². The van der Waals surface area contributed by atoms with Crippen molar-refractivity contribution in [1.82, 2.24) is 10.2 Å². The number of anilines is 1. The van der Waals surface area contributed by atoms with Crippen LogP contribution < -0.4 is 10.2 Å². The van der Waals surface area contributed by atoms with E-state index >= 15 is 0 Å². The fourth-order valence-corrected chi connectivity index (χ4v) is 2.89. The van der Waals surface area contributed by atoms with Crippen LogP contribution in [0.25, 0.3) is 0 Å². The second-order valence-electron chi connectivity index (χ2n) is 6.36. The largest absolute Gasteiger partial charge is 0.371 e. The van der Waals surface area contributed by atoms with Crippen LogP contribution >= 0.6 is 0 Å². The number of nitrogens with zero attached hydrogens (tertiary/aromatic N) is 2. The molecule has 108 valence electrons. The van der Waals surface area contributed by atoms with Crippen molar-refractivity contribution in [3.63, 3.8) is 0 Å². The van der Waals surface area contributed by atoms with Gasteiger partial charge in [0.1, 0.15) is 0 Å². The van der Waals surface area contributed by atoms with E-state index in [9.17, 15) is 4.79 Å². The van der Waals surface area contributed by atoms with Crippen molar-refractivity contribution in [3.05, 3.63) is 29.8 Å². The summed E-state index contributed by atoms with van der Waals surface area (Å²) in [5.74, 6) is 0.182. The molecule has 1 amide bonds. The maximum absolute atomic E-state index is 12.2. The van der Waals surface area contributed by atoms with Crippen molar-refractivity contribution in [1.29, 1.82) is 0 Å². The smallest absolute Gasteiger partial charge is 0.241 e. The van der Waals surface area contributed by atoms with Gasteiger partial charge in [-0.3, -0.25) is 10.1 Å². The summed E-state index contributed by atoms with van der Waals surface area (Å²) >= 11 is 0. The minimum atomic E-state index is -0.251. The van der Waals surface area contributed by atoms with Crippen molar-refractivity contribution >= 4 is 11.6 Å². The third-order valence-corrected chi connectivity index (χ3v) is 4.59. The average molecular weight is 273 g/mol. The lowest BCUT2D eigenvalue weighted by Crippen LogP contribution is -2.45. The molecule has 0 aromatic heterocycles. The number of hydrogen-bond acceptors (Lipinski definition) is 3. The first-order valence-corrected chi connectivity index (χ1v) is 7.37. The summed E-state index contributed by atoms with van der Waals surface area (Å²) in [5, 5.41) is 3.40. The Hall–Kier alpha value is -1.55. The van der Waals surface area contributed by atoms with E-state index in [4.69, 9.17) is 0 Å². The number of rotatable bonds is 3. The molecule has 1 N–H and O–H groups in total. The van der Waals surface area contributed by atoms with E-state index in [-0.39, 0.29) is 17.6 Å². The zero-order chi connectivity index (χ0) is 14.3. The highest BCUT2D eigenvalue weighted by Crippen LogP contribution is 2.24. The van der Waals surface area contributed by atoms with E-state index in [0.717, 1.165) is 6.42 Å². The third kappa shape index (κ3) is 2.29. The molecule has 1 aromatic rings. The minimum Gasteiger partial charge on any atom is -0.371 e. The molecule has 2 aliphatic heterocycles. The topological polar surface area (TPSA) is 35.6 Å². The van der Waals surface area contributed by atoms with Gasteiger partial charge in [0.05, 0.1) is 11.7 Å². The third-order valence-electron chi connectivity index (χ3n) is 4.59. The van der Waals surface area contributed by atoms with Crippen molar-refractivity contribution in [2.45, 2.75) is 38.4 Å². The predicted octanol–water partition coefficient (Wildman–Crippen LogP) is 1.61. The maximum atomic E-state index is 12.2. The summed E-state index contributed by atoms with van der Waals surface area (Å²) in [5.41, 5.74) is 2.26. The molecular formula is C16H23N3O. The zero-order valence-electron chi connectivity index (χ0n) is 12.5. The average Bonchev–Trinajstić information content (AvgIpc) is 2.53. The van der Waals surface area contributed by atoms with Gasteiger partial charge in [-0.25, -0.2) is 0 Å². The van der Waals surface area contributed by atoms with Crippen LogP contribution in [0.2, 0.25) is 0 Å². The summed E-state index contributed by atoms with van der Waals surface area (Å²) in [4.78, 5) is 16.4. The first kappa shape index (κ1) is 13.4. The molecular weight excluding hydrogens is 250 g/mol. The lowest BCUT2D eigenvalue weighted by molar-refractivity contribution is -0.129. The fraction of sp³-hybridized carbons (Fsp3) is 0.562. The highest BCUT2D eigenvalue weighted by Gasteiger charge is 2.41. The summed E-state index contributed by atoms with van der Waals surface area (Å²) < 4.78 is 0. The van der Waals surface area contributed by atoms with Gasteiger partial charge < -0.3 is 9.80 Å². The van der Waals surface area contributed by atoms with E-state index in [1.54, 1.807) is 4.90 Å². The minimum absolute atomic E-state index is 0.107. The zero-order valence-corrected chi connectivity index (χ0v) is 12.5. The highest BCUT2D eigenvalue weighted by molar-refractivity contribution is 5.85. The van der Waals surface area contributed by atoms with Gasteiger partial charge in [-0.15, -0.1) is 0 Å². The Labute approximate surface area is 120 Å². The Bertz CT molecular complexity index is 505. The van der Waals surface area contributed by atoms with Crippen LogP contribution in [-0.4, -0.2) is 42.6 Å². The second-order valence-corrected chi connectivity index (χ2v) is 6.36. The molecule has 20 heavy (non-hydrogen) atoms. The van der Waals surface area contributed by atoms with Gasteiger partial charge in [-0.2, -0.15) is 0 Å². The normalized spacial score (nSPS) is 24.9. The van der Waals surface area contributed by atoms with Gasteiger partial charge in [0, 0.05) is 25.8 Å². The van der Waals surface area contributed by atoms with Crippen molar-refractivity contribution < 1.29 is 4.79 Å². The van der Waals surface area contributed by atoms with Gasteiger partial charge in [0.15, 0.2) is 0 Å². The number of likely N-dealkylation sites (N-methyl/N-ethyl adjacent to an activating group) is 1. The summed E-state index contributed by atoms with van der Waals surface area (Å²) in [6, 6.07) is 8.53. The number of hydrogen-bond donors (Lipinski definition) is 1. The summed E-state index contributed by atoms with van der Waals surface area (Å²) in [6.45, 7) is 6.41. The van der Waals surface area contributed by atoms with Gasteiger partial charge in [-0.05, 0) is 44.4 Å². The molecule has 4 heteroatoms. The molecule has 2 aliphatic rings. The Morgan fingerprint density at radius 2 is 1.90 bits per heavy atom. The second kappa shape index (κ2) is 4.77. The molecule has 4 nitrogen and oxygen atoms in total. The van der Waals surface area contributed by atoms with Gasteiger partial charge in [-0.1, -0.05) is 12.1 Å². The van der Waals surface area contributed by atoms with E-state index < -0.39 is 0 Å². The molecule has 1 aromatic carbocycles. The van der Waals surface area contributed by atoms with Gasteiger partial charge in [0.25, 0.3) is 0 Å². The van der Waals surface area contributed by atoms with E-state index in [0.29, 0.717) is 0 Å². The molecule has 0 saturated carbocycles. The molecule has 1 unspecified atom stereocenters. The SMILES string of the molecule is CN1C(=O)C(Cc2ccc(N3CCC3)cc2)NC1(C)C. The Morgan fingerprint density at radius 1 is 1.25 bits per heavy atom. The van der Waals surface area contributed by atoms with Crippen molar-refractivity contribution in [2.24, 2.45) is 0 Å². The number of nitrogens with one attached hydrogen (secondary N) is 1. The van der Waals surface area contributed by atoms with Crippen LogP contribution in [0.15, 0.2) is 24.3 Å².